The predicted octanol–water partition coefficient (Wildman–Crippen LogP) is 3.78. The van der Waals surface area contributed by atoms with E-state index in [-0.39, 0.29) is 22.4 Å². The molecule has 29 heavy (non-hydrogen) atoms. The number of nitrogens with one attached hydrogen (secondary N) is 1. The van der Waals surface area contributed by atoms with Gasteiger partial charge in [-0.1, -0.05) is 0 Å². The van der Waals surface area contributed by atoms with Gasteiger partial charge in [-0.25, -0.2) is 4.39 Å². The fourth-order valence-corrected chi connectivity index (χ4v) is 3.19. The molecule has 0 unspecified atom stereocenters. The Hall–Kier alpha value is -3.61. The number of benzene rings is 1. The number of halogens is 1. The Morgan fingerprint density at radius 1 is 1.03 bits per heavy atom. The van der Waals surface area contributed by atoms with Crippen LogP contribution >= 0.6 is 0 Å². The zero-order valence-electron chi connectivity index (χ0n) is 21.5. The number of fused-ring (bicyclic) bond motifs is 1. The molecule has 0 saturated carbocycles. The van der Waals surface area contributed by atoms with E-state index in [1.807, 2.05) is 0 Å². The Bertz CT molecular complexity index is 1550. The minimum absolute atomic E-state index is 0.0594. The molecule has 0 amide bonds. The van der Waals surface area contributed by atoms with E-state index in [1.165, 1.54) is 41.7 Å². The number of aryl methyl sites for hydroxylation is 4. The van der Waals surface area contributed by atoms with E-state index in [9.17, 15) is 14.0 Å². The second-order valence-corrected chi connectivity index (χ2v) is 6.66. The molecule has 0 aliphatic rings. The maximum absolute atomic E-state index is 14.3. The zero-order valence-corrected chi connectivity index (χ0v) is 15.5. The van der Waals surface area contributed by atoms with Gasteiger partial charge in [0.05, 0.1) is 6.20 Å². The van der Waals surface area contributed by atoms with Crippen LogP contribution in [0.5, 0.6) is 11.5 Å². The highest BCUT2D eigenvalue weighted by Gasteiger charge is 2.18. The molecule has 3 aromatic heterocycles. The second kappa shape index (κ2) is 6.77. The lowest BCUT2D eigenvalue weighted by molar-refractivity contribution is 0.468. The van der Waals surface area contributed by atoms with Crippen LogP contribution in [-0.4, -0.2) is 14.1 Å². The molecule has 1 N–H and O–H groups in total. The largest absolute Gasteiger partial charge is 0.455 e. The molecule has 0 aliphatic carbocycles. The summed E-state index contributed by atoms with van der Waals surface area (Å²) in [6.45, 7) is -5.80. The Kier molecular flexibility index (Phi) is 2.98. The summed E-state index contributed by atoms with van der Waals surface area (Å²) >= 11 is 0. The van der Waals surface area contributed by atoms with Gasteiger partial charge in [0, 0.05) is 57.3 Å². The highest BCUT2D eigenvalue weighted by atomic mass is 19.1. The maximum Gasteiger partial charge on any atom is 0.274 e. The van der Waals surface area contributed by atoms with Crippen molar-refractivity contribution in [3.05, 3.63) is 80.5 Å². The summed E-state index contributed by atoms with van der Waals surface area (Å²) in [4.78, 5) is 27.9. The molecule has 0 spiro atoms. The fraction of sp³-hybridized carbons (Fsp3) is 0.182. The Morgan fingerprint density at radius 3 is 2.45 bits per heavy atom. The van der Waals surface area contributed by atoms with Crippen LogP contribution in [0.2, 0.25) is 0 Å². The van der Waals surface area contributed by atoms with E-state index in [4.69, 9.17) is 13.0 Å². The van der Waals surface area contributed by atoms with Crippen molar-refractivity contribution in [2.45, 2.75) is 13.7 Å². The van der Waals surface area contributed by atoms with Crippen LogP contribution in [0.4, 0.5) is 4.39 Å². The van der Waals surface area contributed by atoms with Crippen LogP contribution in [0.15, 0.2) is 52.4 Å². The Morgan fingerprint density at radius 2 is 1.76 bits per heavy atom. The number of pyridine rings is 2. The molecule has 4 aromatic rings. The summed E-state index contributed by atoms with van der Waals surface area (Å²) in [6.07, 6.45) is 4.31. The molecule has 0 atom stereocenters. The molecule has 0 aliphatic heterocycles. The number of aromatic nitrogens is 3. The molecule has 1 aromatic carbocycles. The first-order valence-corrected chi connectivity index (χ1v) is 8.58. The van der Waals surface area contributed by atoms with Crippen LogP contribution in [0.3, 0.4) is 0 Å². The third-order valence-corrected chi connectivity index (χ3v) is 4.64. The van der Waals surface area contributed by atoms with Crippen molar-refractivity contribution >= 4 is 10.9 Å². The smallest absolute Gasteiger partial charge is 0.274 e. The summed E-state index contributed by atoms with van der Waals surface area (Å²) in [7, 11) is 2.96. The van der Waals surface area contributed by atoms with Crippen molar-refractivity contribution in [1.82, 2.24) is 14.1 Å². The van der Waals surface area contributed by atoms with E-state index < -0.39 is 42.0 Å². The molecule has 0 radical (unpaired) electrons. The van der Waals surface area contributed by atoms with Gasteiger partial charge in [0.2, 0.25) is 0 Å². The quantitative estimate of drug-likeness (QED) is 0.570. The van der Waals surface area contributed by atoms with Crippen LogP contribution in [0.1, 0.15) is 19.4 Å². The molecule has 7 heteroatoms. The molecule has 0 fully saturated rings. The van der Waals surface area contributed by atoms with Gasteiger partial charge in [-0.3, -0.25) is 9.59 Å². The van der Waals surface area contributed by atoms with Gasteiger partial charge in [0.25, 0.3) is 11.1 Å². The third kappa shape index (κ3) is 3.14. The van der Waals surface area contributed by atoms with Gasteiger partial charge < -0.3 is 18.9 Å². The topological polar surface area (TPSA) is 69.0 Å². The van der Waals surface area contributed by atoms with E-state index in [0.717, 1.165) is 0 Å². The Labute approximate surface area is 174 Å². The normalized spacial score (nSPS) is 15.1. The lowest BCUT2D eigenvalue weighted by Crippen LogP contribution is -2.18. The molecule has 6 nitrogen and oxygen atoms in total. The highest BCUT2D eigenvalue weighted by molar-refractivity contribution is 5.95. The average Bonchev–Trinajstić information content (AvgIpc) is 3.23. The van der Waals surface area contributed by atoms with E-state index in [0.29, 0.717) is 23.1 Å². The van der Waals surface area contributed by atoms with Crippen LogP contribution in [-0.2, 0) is 14.1 Å². The van der Waals surface area contributed by atoms with Crippen molar-refractivity contribution in [1.29, 1.82) is 0 Å². The van der Waals surface area contributed by atoms with Gasteiger partial charge in [-0.2, -0.15) is 0 Å². The average molecular weight is 399 g/mol. The van der Waals surface area contributed by atoms with Crippen LogP contribution in [0.25, 0.3) is 22.0 Å². The van der Waals surface area contributed by atoms with Crippen molar-refractivity contribution in [2.75, 3.05) is 0 Å². The number of aromatic amines is 1. The van der Waals surface area contributed by atoms with Gasteiger partial charge in [0.1, 0.15) is 17.1 Å². The first-order valence-electron chi connectivity index (χ1n) is 11.6. The summed E-state index contributed by atoms with van der Waals surface area (Å²) in [5, 5.41) is 0.470. The van der Waals surface area contributed by atoms with Crippen molar-refractivity contribution in [3.63, 3.8) is 0 Å². The number of ether oxygens (including phenoxy) is 1. The molecular formula is C22H20FN3O3. The molecule has 4 rings (SSSR count). The number of hydrogen-bond acceptors (Lipinski definition) is 3. The summed E-state index contributed by atoms with van der Waals surface area (Å²) in [6, 6.07) is 4.27. The monoisotopic (exact) mass is 399 g/mol. The standard InChI is InChI=1S/C22H20FN3O3/c1-12-7-14(23)8-13(2)21(12)29-18-11-25(3)19(27)9-16(18)17-10-26(4)22(28)20-15(17)5-6-24-20/h5-11,24H,1-4H3/i1D3,2D3. The van der Waals surface area contributed by atoms with Crippen molar-refractivity contribution in [2.24, 2.45) is 14.1 Å². The summed E-state index contributed by atoms with van der Waals surface area (Å²) in [5.74, 6) is -1.65. The third-order valence-electron chi connectivity index (χ3n) is 4.64. The molecule has 0 saturated heterocycles. The SMILES string of the molecule is [2H]C([2H])([2H])c1cc(F)cc(C([2H])([2H])[2H])c1Oc1cn(C)c(=O)cc1-c1cn(C)c(=O)c2[nH]ccc12. The molecule has 148 valence electrons. The number of H-pyrrole nitrogens is 1. The summed E-state index contributed by atoms with van der Waals surface area (Å²) < 4.78 is 69.5. The number of hydrogen-bond donors (Lipinski definition) is 1. The lowest BCUT2D eigenvalue weighted by atomic mass is 10.0. The first kappa shape index (κ1) is 12.8. The van der Waals surface area contributed by atoms with Gasteiger partial charge in [-0.15, -0.1) is 0 Å². The molecular weight excluding hydrogens is 373 g/mol. The number of nitrogens with zero attached hydrogens (tertiary/aromatic N) is 2. The zero-order chi connectivity index (χ0) is 25.9. The summed E-state index contributed by atoms with van der Waals surface area (Å²) in [5.41, 5.74) is -1.14. The van der Waals surface area contributed by atoms with Gasteiger partial charge >= 0.3 is 0 Å². The maximum atomic E-state index is 14.3. The van der Waals surface area contributed by atoms with Gasteiger partial charge in [0.15, 0.2) is 5.75 Å². The Balaban J connectivity index is 2.05. The van der Waals surface area contributed by atoms with Crippen molar-refractivity contribution in [3.8, 4) is 22.6 Å². The van der Waals surface area contributed by atoms with E-state index in [1.54, 1.807) is 12.3 Å². The van der Waals surface area contributed by atoms with E-state index >= 15 is 0 Å². The predicted molar refractivity (Wildman–Crippen MR) is 110 cm³/mol. The van der Waals surface area contributed by atoms with E-state index in [2.05, 4.69) is 4.98 Å². The second-order valence-electron chi connectivity index (χ2n) is 6.66. The minimum Gasteiger partial charge on any atom is -0.455 e. The fourth-order valence-electron chi connectivity index (χ4n) is 3.19. The van der Waals surface area contributed by atoms with Crippen LogP contribution in [0, 0.1) is 19.5 Å². The highest BCUT2D eigenvalue weighted by Crippen LogP contribution is 2.37. The van der Waals surface area contributed by atoms with Crippen molar-refractivity contribution < 1.29 is 17.4 Å². The molecule has 0 bridgehead atoms. The van der Waals surface area contributed by atoms with Crippen LogP contribution < -0.4 is 15.9 Å². The lowest BCUT2D eigenvalue weighted by Gasteiger charge is -2.17. The number of rotatable bonds is 3. The minimum atomic E-state index is -2.90. The molecule has 3 heterocycles. The van der Waals surface area contributed by atoms with Gasteiger partial charge in [-0.05, 0) is 43.0 Å². The first-order chi connectivity index (χ1) is 16.2.